The molecular weight excluding hydrogens is 537 g/mol. The number of thiocarbonyl (C=S) groups is 1. The molecule has 1 amide bonds. The summed E-state index contributed by atoms with van der Waals surface area (Å²) in [6, 6.07) is 15.4. The van der Waals surface area contributed by atoms with Crippen LogP contribution in [0, 0.1) is 0 Å². The maximum atomic E-state index is 12.4. The summed E-state index contributed by atoms with van der Waals surface area (Å²) in [4.78, 5) is 17.0. The second kappa shape index (κ2) is 9.46. The summed E-state index contributed by atoms with van der Waals surface area (Å²) in [6.07, 6.45) is 0. The average molecular weight is 551 g/mol. The van der Waals surface area contributed by atoms with Crippen LogP contribution in [0.1, 0.15) is 10.4 Å². The van der Waals surface area contributed by atoms with E-state index in [1.54, 1.807) is 36.4 Å². The summed E-state index contributed by atoms with van der Waals surface area (Å²) in [5.74, 6) is 0.477. The lowest BCUT2D eigenvalue weighted by Crippen LogP contribution is -2.34. The molecule has 32 heavy (non-hydrogen) atoms. The summed E-state index contributed by atoms with van der Waals surface area (Å²) in [7, 11) is 1.50. The predicted molar refractivity (Wildman–Crippen MR) is 134 cm³/mol. The first-order valence-corrected chi connectivity index (χ1v) is 11.1. The fourth-order valence-electron chi connectivity index (χ4n) is 2.93. The highest BCUT2D eigenvalue weighted by molar-refractivity contribution is 9.10. The Kier molecular flexibility index (Phi) is 6.66. The van der Waals surface area contributed by atoms with Gasteiger partial charge in [0.05, 0.1) is 22.7 Å². The minimum atomic E-state index is -0.402. The number of hydrogen-bond donors (Lipinski definition) is 2. The van der Waals surface area contributed by atoms with Crippen molar-refractivity contribution in [3.63, 3.8) is 0 Å². The van der Waals surface area contributed by atoms with E-state index in [1.807, 2.05) is 12.1 Å². The molecule has 3 aromatic carbocycles. The Morgan fingerprint density at radius 3 is 2.66 bits per heavy atom. The Morgan fingerprint density at radius 2 is 1.91 bits per heavy atom. The van der Waals surface area contributed by atoms with Crippen molar-refractivity contribution in [2.75, 3.05) is 12.4 Å². The van der Waals surface area contributed by atoms with Gasteiger partial charge in [-0.25, -0.2) is 4.98 Å². The number of anilines is 1. The SMILES string of the molecule is COc1ccc(C(=O)NC(=S)Nc2ccc3oc(-c4cc(Br)ccc4Cl)nc3c2)cc1Cl. The molecule has 0 fully saturated rings. The first kappa shape index (κ1) is 22.5. The van der Waals surface area contributed by atoms with Gasteiger partial charge in [0.15, 0.2) is 10.7 Å². The number of nitrogens with one attached hydrogen (secondary N) is 2. The number of oxazole rings is 1. The third-order valence-electron chi connectivity index (χ3n) is 4.45. The van der Waals surface area contributed by atoms with E-state index in [2.05, 4.69) is 31.5 Å². The Morgan fingerprint density at radius 1 is 1.09 bits per heavy atom. The number of benzene rings is 3. The van der Waals surface area contributed by atoms with Crippen LogP contribution in [-0.4, -0.2) is 23.1 Å². The lowest BCUT2D eigenvalue weighted by atomic mass is 10.2. The fourth-order valence-corrected chi connectivity index (χ4v) is 3.95. The zero-order valence-corrected chi connectivity index (χ0v) is 20.3. The topological polar surface area (TPSA) is 76.4 Å². The first-order valence-electron chi connectivity index (χ1n) is 9.16. The molecule has 162 valence electrons. The third-order valence-corrected chi connectivity index (χ3v) is 5.77. The highest BCUT2D eigenvalue weighted by Gasteiger charge is 2.14. The van der Waals surface area contributed by atoms with Crippen molar-refractivity contribution in [2.45, 2.75) is 0 Å². The van der Waals surface area contributed by atoms with Crippen molar-refractivity contribution in [1.29, 1.82) is 0 Å². The lowest BCUT2D eigenvalue weighted by Gasteiger charge is -2.10. The number of hydrogen-bond acceptors (Lipinski definition) is 5. The van der Waals surface area contributed by atoms with E-state index >= 15 is 0 Å². The molecule has 0 radical (unpaired) electrons. The zero-order valence-electron chi connectivity index (χ0n) is 16.4. The molecule has 1 aromatic heterocycles. The van der Waals surface area contributed by atoms with Crippen molar-refractivity contribution in [1.82, 2.24) is 10.3 Å². The van der Waals surface area contributed by atoms with E-state index in [1.165, 1.54) is 13.2 Å². The number of rotatable bonds is 4. The van der Waals surface area contributed by atoms with Gasteiger partial charge in [0, 0.05) is 15.7 Å². The fraction of sp³-hybridized carbons (Fsp3) is 0.0455. The van der Waals surface area contributed by atoms with Crippen LogP contribution in [0.2, 0.25) is 10.0 Å². The molecule has 0 saturated heterocycles. The average Bonchev–Trinajstić information content (AvgIpc) is 3.18. The number of aromatic nitrogens is 1. The second-order valence-corrected chi connectivity index (χ2v) is 8.72. The molecule has 10 heteroatoms. The van der Waals surface area contributed by atoms with E-state index in [0.717, 1.165) is 4.47 Å². The van der Waals surface area contributed by atoms with Gasteiger partial charge in [-0.3, -0.25) is 10.1 Å². The first-order chi connectivity index (χ1) is 15.3. The van der Waals surface area contributed by atoms with Gasteiger partial charge in [0.25, 0.3) is 5.91 Å². The van der Waals surface area contributed by atoms with Crippen LogP contribution < -0.4 is 15.4 Å². The number of carbonyl (C=O) groups is 1. The monoisotopic (exact) mass is 549 g/mol. The van der Waals surface area contributed by atoms with Gasteiger partial charge in [0.2, 0.25) is 5.89 Å². The van der Waals surface area contributed by atoms with Gasteiger partial charge < -0.3 is 14.5 Å². The molecule has 0 bridgehead atoms. The van der Waals surface area contributed by atoms with Crippen molar-refractivity contribution in [3.8, 4) is 17.2 Å². The molecule has 0 unspecified atom stereocenters. The zero-order chi connectivity index (χ0) is 22.8. The second-order valence-electron chi connectivity index (χ2n) is 6.58. The quantitative estimate of drug-likeness (QED) is 0.275. The van der Waals surface area contributed by atoms with Crippen LogP contribution in [0.5, 0.6) is 5.75 Å². The smallest absolute Gasteiger partial charge is 0.257 e. The summed E-state index contributed by atoms with van der Waals surface area (Å²) in [5.41, 5.74) is 2.85. The van der Waals surface area contributed by atoms with Crippen LogP contribution >= 0.6 is 51.3 Å². The van der Waals surface area contributed by atoms with Crippen LogP contribution in [-0.2, 0) is 0 Å². The molecule has 0 saturated carbocycles. The van der Waals surface area contributed by atoms with Crippen molar-refractivity contribution in [3.05, 3.63) is 74.7 Å². The molecule has 0 aliphatic carbocycles. The van der Waals surface area contributed by atoms with Gasteiger partial charge in [0.1, 0.15) is 11.3 Å². The standard InChI is InChI=1S/C22H14BrCl2N3O3S/c1-30-18-6-2-11(8-16(18)25)20(29)28-22(32)26-13-4-7-19-17(10-13)27-21(31-19)14-9-12(23)3-5-15(14)24/h2-10H,1H3,(H2,26,28,29,32). The number of halogens is 3. The number of nitrogens with zero attached hydrogens (tertiary/aromatic N) is 1. The predicted octanol–water partition coefficient (Wildman–Crippen LogP) is 6.70. The Balaban J connectivity index is 1.49. The summed E-state index contributed by atoms with van der Waals surface area (Å²) < 4.78 is 11.8. The number of fused-ring (bicyclic) bond motifs is 1. The van der Waals surface area contributed by atoms with Gasteiger partial charge in [-0.2, -0.15) is 0 Å². The maximum Gasteiger partial charge on any atom is 0.257 e. The molecule has 1 heterocycles. The summed E-state index contributed by atoms with van der Waals surface area (Å²) in [6.45, 7) is 0. The van der Waals surface area contributed by atoms with E-state index in [-0.39, 0.29) is 5.11 Å². The Bertz CT molecular complexity index is 1360. The Hall–Kier alpha value is -2.65. The van der Waals surface area contributed by atoms with Gasteiger partial charge >= 0.3 is 0 Å². The number of carbonyl (C=O) groups excluding carboxylic acids is 1. The third kappa shape index (κ3) is 4.88. The Labute approximate surface area is 207 Å². The van der Waals surface area contributed by atoms with Gasteiger partial charge in [-0.15, -0.1) is 0 Å². The van der Waals surface area contributed by atoms with Crippen molar-refractivity contribution >= 4 is 79.2 Å². The molecule has 4 aromatic rings. The molecule has 0 aliphatic rings. The van der Waals surface area contributed by atoms with E-state index in [0.29, 0.717) is 49.6 Å². The van der Waals surface area contributed by atoms with Gasteiger partial charge in [-0.1, -0.05) is 39.1 Å². The number of amides is 1. The minimum Gasteiger partial charge on any atom is -0.495 e. The van der Waals surface area contributed by atoms with E-state index < -0.39 is 5.91 Å². The maximum absolute atomic E-state index is 12.4. The molecule has 2 N–H and O–H groups in total. The number of methoxy groups -OCH3 is 1. The molecule has 0 spiro atoms. The van der Waals surface area contributed by atoms with Crippen molar-refractivity contribution in [2.24, 2.45) is 0 Å². The summed E-state index contributed by atoms with van der Waals surface area (Å²) in [5, 5.41) is 6.57. The van der Waals surface area contributed by atoms with Crippen LogP contribution in [0.15, 0.2) is 63.5 Å². The molecule has 6 nitrogen and oxygen atoms in total. The van der Waals surface area contributed by atoms with Crippen LogP contribution in [0.25, 0.3) is 22.6 Å². The highest BCUT2D eigenvalue weighted by atomic mass is 79.9. The molecular formula is C22H14BrCl2N3O3S. The van der Waals surface area contributed by atoms with Crippen LogP contribution in [0.4, 0.5) is 5.69 Å². The normalized spacial score (nSPS) is 10.8. The number of ether oxygens (including phenoxy) is 1. The van der Waals surface area contributed by atoms with Crippen LogP contribution in [0.3, 0.4) is 0 Å². The molecule has 4 rings (SSSR count). The van der Waals surface area contributed by atoms with E-state index in [4.69, 9.17) is 44.6 Å². The lowest BCUT2D eigenvalue weighted by molar-refractivity contribution is 0.0977. The highest BCUT2D eigenvalue weighted by Crippen LogP contribution is 2.33. The summed E-state index contributed by atoms with van der Waals surface area (Å²) >= 11 is 21.0. The largest absolute Gasteiger partial charge is 0.495 e. The van der Waals surface area contributed by atoms with E-state index in [9.17, 15) is 4.79 Å². The van der Waals surface area contributed by atoms with Gasteiger partial charge in [-0.05, 0) is 66.8 Å². The molecule has 0 aliphatic heterocycles. The minimum absolute atomic E-state index is 0.125. The molecule has 0 atom stereocenters. The van der Waals surface area contributed by atoms with Crippen molar-refractivity contribution < 1.29 is 13.9 Å².